The first-order chi connectivity index (χ1) is 12.6. The molecule has 0 radical (unpaired) electrons. The maximum atomic E-state index is 12.4. The predicted molar refractivity (Wildman–Crippen MR) is 112 cm³/mol. The third-order valence-corrected chi connectivity index (χ3v) is 5.60. The summed E-state index contributed by atoms with van der Waals surface area (Å²) < 4.78 is 1.95. The average Bonchev–Trinajstić information content (AvgIpc) is 2.95. The topological polar surface area (TPSA) is 59.0 Å². The molecule has 1 saturated heterocycles. The molecule has 0 saturated carbocycles. The van der Waals surface area contributed by atoms with E-state index in [4.69, 9.17) is 0 Å². The highest BCUT2D eigenvalue weighted by atomic mass is 35.5. The van der Waals surface area contributed by atoms with Crippen LogP contribution in [0.5, 0.6) is 0 Å². The first-order valence-corrected chi connectivity index (χ1v) is 9.64. The molecule has 1 atom stereocenters. The van der Waals surface area contributed by atoms with Gasteiger partial charge in [0.15, 0.2) is 0 Å². The van der Waals surface area contributed by atoms with Crippen LogP contribution in [0.2, 0.25) is 0 Å². The Bertz CT molecular complexity index is 738. The number of nitrogens with zero attached hydrogens (tertiary/aromatic N) is 2. The predicted octanol–water partition coefficient (Wildman–Crippen LogP) is 3.55. The molecule has 3 rings (SSSR count). The highest BCUT2D eigenvalue weighted by Gasteiger charge is 2.22. The number of rotatable bonds is 6. The summed E-state index contributed by atoms with van der Waals surface area (Å²) in [5.41, 5.74) is 4.21. The zero-order valence-electron chi connectivity index (χ0n) is 16.5. The molecule has 0 spiro atoms. The van der Waals surface area contributed by atoms with E-state index in [9.17, 15) is 4.79 Å². The number of hydrogen-bond donors (Lipinski definition) is 2. The van der Waals surface area contributed by atoms with E-state index in [1.165, 1.54) is 12.8 Å². The molecular weight excluding hydrogens is 360 g/mol. The number of carbonyl (C=O) groups is 1. The second-order valence-corrected chi connectivity index (χ2v) is 7.44. The van der Waals surface area contributed by atoms with Crippen LogP contribution in [0, 0.1) is 25.7 Å². The molecular formula is C21H31ClN4O. The number of benzene rings is 1. The monoisotopic (exact) mass is 390 g/mol. The zero-order chi connectivity index (χ0) is 18.5. The van der Waals surface area contributed by atoms with Gasteiger partial charge in [0.25, 0.3) is 0 Å². The summed E-state index contributed by atoms with van der Waals surface area (Å²) in [5.74, 6) is 1.24. The van der Waals surface area contributed by atoms with E-state index in [2.05, 4.69) is 29.6 Å². The van der Waals surface area contributed by atoms with Gasteiger partial charge in [-0.05, 0) is 63.7 Å². The lowest BCUT2D eigenvalue weighted by Crippen LogP contribution is -2.33. The van der Waals surface area contributed by atoms with Crippen molar-refractivity contribution in [2.24, 2.45) is 11.8 Å². The molecule has 1 aliphatic heterocycles. The molecule has 1 amide bonds. The van der Waals surface area contributed by atoms with E-state index in [0.717, 1.165) is 35.7 Å². The van der Waals surface area contributed by atoms with Gasteiger partial charge in [0.2, 0.25) is 5.91 Å². The highest BCUT2D eigenvalue weighted by molar-refractivity contribution is 5.85. The van der Waals surface area contributed by atoms with Gasteiger partial charge in [-0.3, -0.25) is 4.79 Å². The van der Waals surface area contributed by atoms with Crippen LogP contribution in [0.4, 0.5) is 0 Å². The van der Waals surface area contributed by atoms with Gasteiger partial charge in [0.1, 0.15) is 0 Å². The highest BCUT2D eigenvalue weighted by Crippen LogP contribution is 2.24. The van der Waals surface area contributed by atoms with Crippen LogP contribution in [-0.2, 0) is 11.3 Å². The van der Waals surface area contributed by atoms with Crippen molar-refractivity contribution >= 4 is 18.3 Å². The van der Waals surface area contributed by atoms with Crippen molar-refractivity contribution in [2.45, 2.75) is 46.6 Å². The quantitative estimate of drug-likeness (QED) is 0.792. The van der Waals surface area contributed by atoms with Crippen LogP contribution in [0.1, 0.15) is 43.1 Å². The minimum absolute atomic E-state index is 0. The van der Waals surface area contributed by atoms with Crippen molar-refractivity contribution in [3.05, 3.63) is 47.3 Å². The molecule has 1 unspecified atom stereocenters. The lowest BCUT2D eigenvalue weighted by Gasteiger charge is -2.27. The second kappa shape index (κ2) is 9.90. The van der Waals surface area contributed by atoms with Crippen molar-refractivity contribution < 1.29 is 4.79 Å². The third-order valence-electron chi connectivity index (χ3n) is 5.60. The third kappa shape index (κ3) is 5.33. The fourth-order valence-corrected chi connectivity index (χ4v) is 3.88. The summed E-state index contributed by atoms with van der Waals surface area (Å²) in [6.07, 6.45) is 2.96. The number of aryl methyl sites for hydroxylation is 1. The normalized spacial score (nSPS) is 15.8. The van der Waals surface area contributed by atoms with Crippen LogP contribution < -0.4 is 10.6 Å². The first kappa shape index (κ1) is 21.5. The van der Waals surface area contributed by atoms with Crippen LogP contribution in [0.25, 0.3) is 5.69 Å². The Hall–Kier alpha value is -1.85. The maximum Gasteiger partial charge on any atom is 0.220 e. The van der Waals surface area contributed by atoms with Gasteiger partial charge in [-0.2, -0.15) is 5.10 Å². The first-order valence-electron chi connectivity index (χ1n) is 9.64. The molecule has 6 heteroatoms. The lowest BCUT2D eigenvalue weighted by atomic mass is 9.84. The number of amides is 1. The molecule has 5 nitrogen and oxygen atoms in total. The van der Waals surface area contributed by atoms with Crippen LogP contribution >= 0.6 is 12.4 Å². The number of para-hydroxylation sites is 1. The van der Waals surface area contributed by atoms with Crippen molar-refractivity contribution in [2.75, 3.05) is 13.1 Å². The molecule has 27 heavy (non-hydrogen) atoms. The largest absolute Gasteiger partial charge is 0.352 e. The summed E-state index contributed by atoms with van der Waals surface area (Å²) in [5, 5.41) is 11.1. The summed E-state index contributed by atoms with van der Waals surface area (Å²) in [4.78, 5) is 12.4. The van der Waals surface area contributed by atoms with Crippen LogP contribution in [0.15, 0.2) is 30.3 Å². The number of piperidine rings is 1. The van der Waals surface area contributed by atoms with Gasteiger partial charge in [-0.1, -0.05) is 25.1 Å². The lowest BCUT2D eigenvalue weighted by molar-refractivity contribution is -0.122. The van der Waals surface area contributed by atoms with E-state index in [-0.39, 0.29) is 18.3 Å². The smallest absolute Gasteiger partial charge is 0.220 e. The van der Waals surface area contributed by atoms with Crippen molar-refractivity contribution in [1.82, 2.24) is 20.4 Å². The van der Waals surface area contributed by atoms with Crippen LogP contribution in [-0.4, -0.2) is 28.8 Å². The summed E-state index contributed by atoms with van der Waals surface area (Å²) in [6, 6.07) is 10.1. The van der Waals surface area contributed by atoms with E-state index in [0.29, 0.717) is 24.8 Å². The Balaban J connectivity index is 0.00000261. The van der Waals surface area contributed by atoms with Gasteiger partial charge >= 0.3 is 0 Å². The van der Waals surface area contributed by atoms with E-state index >= 15 is 0 Å². The van der Waals surface area contributed by atoms with Gasteiger partial charge in [0.05, 0.1) is 11.4 Å². The van der Waals surface area contributed by atoms with Gasteiger partial charge < -0.3 is 10.6 Å². The molecule has 2 aromatic rings. The summed E-state index contributed by atoms with van der Waals surface area (Å²) >= 11 is 0. The Morgan fingerprint density at radius 1 is 1.26 bits per heavy atom. The number of nitrogens with one attached hydrogen (secondary N) is 2. The zero-order valence-corrected chi connectivity index (χ0v) is 17.3. The molecule has 2 heterocycles. The van der Waals surface area contributed by atoms with Gasteiger partial charge in [-0.15, -0.1) is 12.4 Å². The molecule has 0 bridgehead atoms. The summed E-state index contributed by atoms with van der Waals surface area (Å²) in [6.45, 7) is 8.97. The maximum absolute atomic E-state index is 12.4. The van der Waals surface area contributed by atoms with Crippen molar-refractivity contribution in [3.8, 4) is 5.69 Å². The molecule has 2 N–H and O–H groups in total. The SMILES string of the molecule is Cc1nn(-c2ccccc2)c(C)c1CNC(=O)CC(C)C1CCNCC1.Cl. The molecule has 148 valence electrons. The van der Waals surface area contributed by atoms with Gasteiger partial charge in [-0.25, -0.2) is 4.68 Å². The van der Waals surface area contributed by atoms with Crippen molar-refractivity contribution in [3.63, 3.8) is 0 Å². The Labute approximate surface area is 168 Å². The van der Waals surface area contributed by atoms with E-state index in [1.54, 1.807) is 0 Å². The fraction of sp³-hybridized carbons (Fsp3) is 0.524. The van der Waals surface area contributed by atoms with Crippen molar-refractivity contribution in [1.29, 1.82) is 0 Å². The Kier molecular flexibility index (Phi) is 7.87. The fourth-order valence-electron chi connectivity index (χ4n) is 3.88. The molecule has 1 aromatic heterocycles. The molecule has 0 aliphatic carbocycles. The Morgan fingerprint density at radius 3 is 2.59 bits per heavy atom. The van der Waals surface area contributed by atoms with Crippen LogP contribution in [0.3, 0.4) is 0 Å². The second-order valence-electron chi connectivity index (χ2n) is 7.44. The minimum atomic E-state index is 0. The molecule has 1 aromatic carbocycles. The molecule has 1 fully saturated rings. The Morgan fingerprint density at radius 2 is 1.93 bits per heavy atom. The average molecular weight is 391 g/mol. The summed E-state index contributed by atoms with van der Waals surface area (Å²) in [7, 11) is 0. The van der Waals surface area contributed by atoms with Gasteiger partial charge in [0, 0.05) is 24.2 Å². The number of hydrogen-bond acceptors (Lipinski definition) is 3. The number of carbonyl (C=O) groups excluding carboxylic acids is 1. The van der Waals surface area contributed by atoms with E-state index in [1.807, 2.05) is 41.9 Å². The standard InChI is InChI=1S/C21H30N4O.ClH/c1-15(18-9-11-22-12-10-18)13-21(26)23-14-20-16(2)24-25(17(20)3)19-7-5-4-6-8-19;/h4-8,15,18,22H,9-14H2,1-3H3,(H,23,26);1H. The minimum Gasteiger partial charge on any atom is -0.352 e. The number of aromatic nitrogens is 2. The van der Waals surface area contributed by atoms with E-state index < -0.39 is 0 Å². The number of halogens is 1. The molecule has 1 aliphatic rings.